The lowest BCUT2D eigenvalue weighted by molar-refractivity contribution is 0.558. The van der Waals surface area contributed by atoms with E-state index in [0.717, 1.165) is 5.16 Å². The van der Waals surface area contributed by atoms with Gasteiger partial charge in [0, 0.05) is 6.04 Å². The van der Waals surface area contributed by atoms with Crippen molar-refractivity contribution in [3.05, 3.63) is 0 Å². The van der Waals surface area contributed by atoms with Gasteiger partial charge in [0.1, 0.15) is 0 Å². The van der Waals surface area contributed by atoms with Crippen molar-refractivity contribution >= 4 is 27.5 Å². The van der Waals surface area contributed by atoms with Crippen molar-refractivity contribution in [1.29, 1.82) is 0 Å². The van der Waals surface area contributed by atoms with E-state index in [1.165, 1.54) is 0 Å². The van der Waals surface area contributed by atoms with Crippen molar-refractivity contribution in [1.82, 2.24) is 14.8 Å². The molecular formula is C6H12N4S2. The summed E-state index contributed by atoms with van der Waals surface area (Å²) in [5, 5.41) is 8.64. The molecule has 0 aliphatic carbocycles. The van der Waals surface area contributed by atoms with E-state index in [2.05, 4.69) is 24.0 Å². The van der Waals surface area contributed by atoms with Crippen LogP contribution in [-0.2, 0) is 0 Å². The minimum absolute atomic E-state index is 0.314. The van der Waals surface area contributed by atoms with Gasteiger partial charge >= 0.3 is 0 Å². The molecule has 0 aromatic carbocycles. The Labute approximate surface area is 79.7 Å². The molecule has 0 aliphatic rings. The minimum atomic E-state index is 0.314. The number of hydrogen-bond donors (Lipinski definition) is 1. The molecule has 0 spiro atoms. The molecule has 0 saturated carbocycles. The number of nitrogens with two attached hydrogens (primary N) is 1. The van der Waals surface area contributed by atoms with Gasteiger partial charge in [0.2, 0.25) is 11.1 Å². The van der Waals surface area contributed by atoms with Gasteiger partial charge in [0.25, 0.3) is 0 Å². The topological polar surface area (TPSA) is 56.7 Å². The maximum Gasteiger partial charge on any atom is 0.222 e. The number of aromatic nitrogens is 3. The fraction of sp³-hybridized carbons (Fsp3) is 0.667. The molecule has 4 nitrogen and oxygen atoms in total. The molecule has 0 aliphatic heterocycles. The maximum absolute atomic E-state index is 5.64. The predicted molar refractivity (Wildman–Crippen MR) is 54.2 cm³/mol. The highest BCUT2D eigenvalue weighted by Crippen LogP contribution is 2.29. The average Bonchev–Trinajstić information content (AvgIpc) is 2.32. The lowest BCUT2D eigenvalue weighted by atomic mass is 10.4. The first-order chi connectivity index (χ1) is 5.66. The zero-order chi connectivity index (χ0) is 9.14. The Morgan fingerprint density at radius 1 is 1.42 bits per heavy atom. The van der Waals surface area contributed by atoms with Gasteiger partial charge < -0.3 is 5.73 Å². The third-order valence-electron chi connectivity index (χ3n) is 1.37. The summed E-state index contributed by atoms with van der Waals surface area (Å²) in [5.41, 5.74) is 5.64. The summed E-state index contributed by atoms with van der Waals surface area (Å²) < 4.78 is 1.92. The van der Waals surface area contributed by atoms with Crippen LogP contribution in [0.15, 0.2) is 5.16 Å². The molecule has 0 radical (unpaired) electrons. The highest BCUT2D eigenvalue weighted by atomic mass is 33.1. The summed E-state index contributed by atoms with van der Waals surface area (Å²) in [6.07, 6.45) is 2.00. The lowest BCUT2D eigenvalue weighted by Gasteiger charge is -2.09. The van der Waals surface area contributed by atoms with Gasteiger partial charge in [-0.1, -0.05) is 10.8 Å². The van der Waals surface area contributed by atoms with Crippen LogP contribution in [0.4, 0.5) is 5.95 Å². The molecule has 2 N–H and O–H groups in total. The molecule has 1 rings (SSSR count). The second-order valence-corrected chi connectivity index (χ2v) is 4.92. The summed E-state index contributed by atoms with van der Waals surface area (Å²) in [5.74, 6) is 0.488. The largest absolute Gasteiger partial charge is 0.368 e. The lowest BCUT2D eigenvalue weighted by Crippen LogP contribution is -2.06. The van der Waals surface area contributed by atoms with Gasteiger partial charge in [-0.05, 0) is 30.9 Å². The van der Waals surface area contributed by atoms with E-state index in [-0.39, 0.29) is 0 Å². The monoisotopic (exact) mass is 204 g/mol. The van der Waals surface area contributed by atoms with Crippen LogP contribution in [0.3, 0.4) is 0 Å². The van der Waals surface area contributed by atoms with Crippen LogP contribution in [-0.4, -0.2) is 21.0 Å². The van der Waals surface area contributed by atoms with Crippen molar-refractivity contribution in [3.8, 4) is 0 Å². The number of nitrogens with zero attached hydrogens (tertiary/aromatic N) is 3. The molecule has 1 aromatic rings. The average molecular weight is 204 g/mol. The van der Waals surface area contributed by atoms with E-state index in [1.807, 2.05) is 10.8 Å². The zero-order valence-electron chi connectivity index (χ0n) is 7.31. The Hall–Kier alpha value is -0.360. The molecule has 6 heteroatoms. The molecule has 12 heavy (non-hydrogen) atoms. The van der Waals surface area contributed by atoms with Crippen molar-refractivity contribution in [2.75, 3.05) is 12.0 Å². The fourth-order valence-electron chi connectivity index (χ4n) is 0.905. The van der Waals surface area contributed by atoms with E-state index >= 15 is 0 Å². The third-order valence-corrected chi connectivity index (χ3v) is 2.91. The van der Waals surface area contributed by atoms with E-state index in [4.69, 9.17) is 5.73 Å². The van der Waals surface area contributed by atoms with Crippen molar-refractivity contribution < 1.29 is 0 Å². The molecule has 0 atom stereocenters. The Morgan fingerprint density at radius 3 is 2.58 bits per heavy atom. The van der Waals surface area contributed by atoms with Crippen LogP contribution in [0.1, 0.15) is 19.9 Å². The van der Waals surface area contributed by atoms with Crippen molar-refractivity contribution in [2.45, 2.75) is 25.0 Å². The molecule has 0 bridgehead atoms. The van der Waals surface area contributed by atoms with Crippen LogP contribution in [0.5, 0.6) is 0 Å². The summed E-state index contributed by atoms with van der Waals surface area (Å²) in [6.45, 7) is 4.12. The van der Waals surface area contributed by atoms with Gasteiger partial charge in [0.05, 0.1) is 0 Å². The van der Waals surface area contributed by atoms with Crippen LogP contribution >= 0.6 is 21.6 Å². The Morgan fingerprint density at radius 2 is 2.08 bits per heavy atom. The smallest absolute Gasteiger partial charge is 0.222 e. The van der Waals surface area contributed by atoms with E-state index < -0.39 is 0 Å². The highest BCUT2D eigenvalue weighted by molar-refractivity contribution is 8.76. The second kappa shape index (κ2) is 4.04. The molecule has 0 saturated heterocycles. The molecule has 1 heterocycles. The van der Waals surface area contributed by atoms with Crippen molar-refractivity contribution in [3.63, 3.8) is 0 Å². The fourth-order valence-corrected chi connectivity index (χ4v) is 2.30. The van der Waals surface area contributed by atoms with Crippen LogP contribution in [0.25, 0.3) is 0 Å². The molecule has 1 aromatic heterocycles. The van der Waals surface area contributed by atoms with Crippen LogP contribution in [0, 0.1) is 0 Å². The second-order valence-electron chi connectivity index (χ2n) is 2.55. The SMILES string of the molecule is CSSc1nnc(N)n1C(C)C. The summed E-state index contributed by atoms with van der Waals surface area (Å²) >= 11 is 0. The molecular weight excluding hydrogens is 192 g/mol. The molecule has 0 fully saturated rings. The van der Waals surface area contributed by atoms with Crippen molar-refractivity contribution in [2.24, 2.45) is 0 Å². The quantitative estimate of drug-likeness (QED) is 0.761. The third kappa shape index (κ3) is 1.87. The first-order valence-electron chi connectivity index (χ1n) is 3.58. The molecule has 0 unspecified atom stereocenters. The summed E-state index contributed by atoms with van der Waals surface area (Å²) in [6, 6.07) is 0.314. The molecule has 68 valence electrons. The zero-order valence-corrected chi connectivity index (χ0v) is 8.95. The van der Waals surface area contributed by atoms with E-state index in [1.54, 1.807) is 21.6 Å². The highest BCUT2D eigenvalue weighted by Gasteiger charge is 2.11. The standard InChI is InChI=1S/C6H12N4S2/c1-4(2)10-5(7)8-9-6(10)12-11-3/h4H,1-3H3,(H2,7,8). The first-order valence-corrected chi connectivity index (χ1v) is 6.13. The minimum Gasteiger partial charge on any atom is -0.368 e. The number of nitrogen functional groups attached to an aromatic ring is 1. The van der Waals surface area contributed by atoms with Gasteiger partial charge in [-0.3, -0.25) is 4.57 Å². The van der Waals surface area contributed by atoms with Gasteiger partial charge in [0.15, 0.2) is 0 Å². The van der Waals surface area contributed by atoms with Gasteiger partial charge in [-0.2, -0.15) is 0 Å². The maximum atomic E-state index is 5.64. The number of rotatable bonds is 3. The number of hydrogen-bond acceptors (Lipinski definition) is 5. The van der Waals surface area contributed by atoms with Gasteiger partial charge in [-0.15, -0.1) is 10.2 Å². The van der Waals surface area contributed by atoms with Crippen LogP contribution < -0.4 is 5.73 Å². The summed E-state index contributed by atoms with van der Waals surface area (Å²) in [7, 11) is 3.21. The summed E-state index contributed by atoms with van der Waals surface area (Å²) in [4.78, 5) is 0. The van der Waals surface area contributed by atoms with Crippen LogP contribution in [0.2, 0.25) is 0 Å². The normalized spacial score (nSPS) is 11.0. The Kier molecular flexibility index (Phi) is 3.28. The van der Waals surface area contributed by atoms with E-state index in [0.29, 0.717) is 12.0 Å². The molecule has 0 amide bonds. The first kappa shape index (κ1) is 9.73. The Balaban J connectivity index is 2.95. The Bertz CT molecular complexity index is 258. The van der Waals surface area contributed by atoms with Gasteiger partial charge in [-0.25, -0.2) is 0 Å². The number of anilines is 1. The predicted octanol–water partition coefficient (Wildman–Crippen LogP) is 1.81. The van der Waals surface area contributed by atoms with E-state index in [9.17, 15) is 0 Å².